The third kappa shape index (κ3) is 5.09. The van der Waals surface area contributed by atoms with Crippen LogP contribution in [0.4, 0.5) is 0 Å². The summed E-state index contributed by atoms with van der Waals surface area (Å²) < 4.78 is 5.43. The van der Waals surface area contributed by atoms with Crippen LogP contribution in [0.25, 0.3) is 0 Å². The average Bonchev–Trinajstić information content (AvgIpc) is 3.15. The molecule has 0 spiro atoms. The van der Waals surface area contributed by atoms with E-state index >= 15 is 0 Å². The standard InChI is InChI=1S/C24H34N4O2/c1-3-19-9-11-20(12-10-19)16-27-14-5-8-22(17-27)28(18(2)29)15-13-23-25-24(30-26-23)21-6-4-7-21/h9-12,21-22H,3-8,13-17H2,1-2H3. The molecule has 2 aliphatic rings. The predicted octanol–water partition coefficient (Wildman–Crippen LogP) is 3.96. The molecule has 1 saturated carbocycles. The van der Waals surface area contributed by atoms with Crippen molar-refractivity contribution in [1.29, 1.82) is 0 Å². The van der Waals surface area contributed by atoms with Crippen LogP contribution in [0.1, 0.15) is 74.7 Å². The van der Waals surface area contributed by atoms with Crippen LogP contribution in [-0.4, -0.2) is 51.5 Å². The summed E-state index contributed by atoms with van der Waals surface area (Å²) in [5.74, 6) is 2.10. The summed E-state index contributed by atoms with van der Waals surface area (Å²) >= 11 is 0. The summed E-state index contributed by atoms with van der Waals surface area (Å²) in [6, 6.07) is 9.18. The molecule has 2 heterocycles. The Labute approximate surface area is 179 Å². The molecule has 2 aromatic rings. The highest BCUT2D eigenvalue weighted by molar-refractivity contribution is 5.73. The fourth-order valence-corrected chi connectivity index (χ4v) is 4.58. The molecule has 2 fully saturated rings. The summed E-state index contributed by atoms with van der Waals surface area (Å²) in [7, 11) is 0. The summed E-state index contributed by atoms with van der Waals surface area (Å²) in [5, 5.41) is 4.15. The molecular weight excluding hydrogens is 376 g/mol. The highest BCUT2D eigenvalue weighted by Crippen LogP contribution is 2.35. The van der Waals surface area contributed by atoms with Crippen LogP contribution in [-0.2, 0) is 24.2 Å². The Bertz CT molecular complexity index is 828. The Morgan fingerprint density at radius 3 is 2.60 bits per heavy atom. The summed E-state index contributed by atoms with van der Waals surface area (Å²) in [4.78, 5) is 21.5. The molecule has 0 N–H and O–H groups in total. The lowest BCUT2D eigenvalue weighted by molar-refractivity contribution is -0.132. The molecule has 0 bridgehead atoms. The highest BCUT2D eigenvalue weighted by atomic mass is 16.5. The van der Waals surface area contributed by atoms with Gasteiger partial charge in [-0.25, -0.2) is 0 Å². The number of aromatic nitrogens is 2. The third-order valence-corrected chi connectivity index (χ3v) is 6.68. The zero-order chi connectivity index (χ0) is 20.9. The molecule has 0 radical (unpaired) electrons. The SMILES string of the molecule is CCc1ccc(CN2CCCC(N(CCc3noc(C4CCC4)n3)C(C)=O)C2)cc1. The van der Waals surface area contributed by atoms with Gasteiger partial charge >= 0.3 is 0 Å². The monoisotopic (exact) mass is 410 g/mol. The molecule has 6 nitrogen and oxygen atoms in total. The number of benzene rings is 1. The average molecular weight is 411 g/mol. The molecule has 1 aliphatic carbocycles. The Balaban J connectivity index is 1.33. The van der Waals surface area contributed by atoms with E-state index < -0.39 is 0 Å². The highest BCUT2D eigenvalue weighted by Gasteiger charge is 2.28. The van der Waals surface area contributed by atoms with Crippen molar-refractivity contribution in [2.24, 2.45) is 0 Å². The molecule has 4 rings (SSSR count). The molecule has 1 unspecified atom stereocenters. The lowest BCUT2D eigenvalue weighted by Crippen LogP contribution is -2.50. The lowest BCUT2D eigenvalue weighted by atomic mass is 9.85. The number of carbonyl (C=O) groups excluding carboxylic acids is 1. The zero-order valence-corrected chi connectivity index (χ0v) is 18.3. The fourth-order valence-electron chi connectivity index (χ4n) is 4.58. The van der Waals surface area contributed by atoms with Gasteiger partial charge in [-0.05, 0) is 49.8 Å². The molecule has 30 heavy (non-hydrogen) atoms. The molecule has 1 atom stereocenters. The maximum Gasteiger partial charge on any atom is 0.229 e. The lowest BCUT2D eigenvalue weighted by Gasteiger charge is -2.39. The normalized spacial score (nSPS) is 20.1. The maximum absolute atomic E-state index is 12.4. The molecule has 1 aromatic carbocycles. The number of likely N-dealkylation sites (tertiary alicyclic amines) is 1. The number of piperidine rings is 1. The van der Waals surface area contributed by atoms with E-state index in [1.165, 1.54) is 17.5 Å². The second kappa shape index (κ2) is 9.73. The topological polar surface area (TPSA) is 62.5 Å². The number of nitrogens with zero attached hydrogens (tertiary/aromatic N) is 4. The van der Waals surface area contributed by atoms with Crippen LogP contribution in [0, 0.1) is 0 Å². The largest absolute Gasteiger partial charge is 0.339 e. The molecular formula is C24H34N4O2. The van der Waals surface area contributed by atoms with E-state index in [2.05, 4.69) is 46.2 Å². The summed E-state index contributed by atoms with van der Waals surface area (Å²) in [5.41, 5.74) is 2.72. The fraction of sp³-hybridized carbons (Fsp3) is 0.625. The van der Waals surface area contributed by atoms with Gasteiger partial charge in [0, 0.05) is 44.9 Å². The molecule has 1 aliphatic heterocycles. The van der Waals surface area contributed by atoms with Crippen molar-refractivity contribution in [3.8, 4) is 0 Å². The summed E-state index contributed by atoms with van der Waals surface area (Å²) in [6.07, 6.45) is 7.47. The van der Waals surface area contributed by atoms with Crippen LogP contribution >= 0.6 is 0 Å². The first-order valence-corrected chi connectivity index (χ1v) is 11.5. The van der Waals surface area contributed by atoms with Gasteiger partial charge in [-0.2, -0.15) is 4.98 Å². The first-order valence-electron chi connectivity index (χ1n) is 11.5. The number of hydrogen-bond donors (Lipinski definition) is 0. The van der Waals surface area contributed by atoms with E-state index in [-0.39, 0.29) is 11.9 Å². The molecule has 1 amide bonds. The molecule has 162 valence electrons. The number of hydrogen-bond acceptors (Lipinski definition) is 5. The number of rotatable bonds is 8. The van der Waals surface area contributed by atoms with Crippen molar-refractivity contribution in [2.45, 2.75) is 77.3 Å². The van der Waals surface area contributed by atoms with Crippen LogP contribution in [0.2, 0.25) is 0 Å². The van der Waals surface area contributed by atoms with Gasteiger partial charge in [-0.1, -0.05) is 42.8 Å². The van der Waals surface area contributed by atoms with Crippen LogP contribution in [0.3, 0.4) is 0 Å². The first-order chi connectivity index (χ1) is 14.6. The maximum atomic E-state index is 12.4. The van der Waals surface area contributed by atoms with Crippen LogP contribution < -0.4 is 0 Å². The van der Waals surface area contributed by atoms with Gasteiger partial charge in [0.25, 0.3) is 0 Å². The van der Waals surface area contributed by atoms with Crippen molar-refractivity contribution in [3.05, 3.63) is 47.1 Å². The molecule has 1 aromatic heterocycles. The van der Waals surface area contributed by atoms with Crippen molar-refractivity contribution in [1.82, 2.24) is 19.9 Å². The molecule has 6 heteroatoms. The van der Waals surface area contributed by atoms with Gasteiger partial charge in [0.15, 0.2) is 5.82 Å². The van der Waals surface area contributed by atoms with Crippen molar-refractivity contribution in [3.63, 3.8) is 0 Å². The second-order valence-electron chi connectivity index (χ2n) is 8.84. The third-order valence-electron chi connectivity index (χ3n) is 6.68. The minimum Gasteiger partial charge on any atom is -0.339 e. The van der Waals surface area contributed by atoms with E-state index in [0.717, 1.165) is 63.5 Å². The van der Waals surface area contributed by atoms with Crippen molar-refractivity contribution in [2.75, 3.05) is 19.6 Å². The number of amides is 1. The van der Waals surface area contributed by atoms with E-state index in [0.29, 0.717) is 18.9 Å². The van der Waals surface area contributed by atoms with Gasteiger partial charge in [0.1, 0.15) is 0 Å². The van der Waals surface area contributed by atoms with Gasteiger partial charge in [-0.15, -0.1) is 0 Å². The van der Waals surface area contributed by atoms with Crippen molar-refractivity contribution < 1.29 is 9.32 Å². The smallest absolute Gasteiger partial charge is 0.229 e. The minimum absolute atomic E-state index is 0.136. The van der Waals surface area contributed by atoms with Gasteiger partial charge in [0.05, 0.1) is 0 Å². The summed E-state index contributed by atoms with van der Waals surface area (Å²) in [6.45, 7) is 7.48. The van der Waals surface area contributed by atoms with Gasteiger partial charge < -0.3 is 9.42 Å². The Kier molecular flexibility index (Phi) is 6.82. The zero-order valence-electron chi connectivity index (χ0n) is 18.3. The Hall–Kier alpha value is -2.21. The minimum atomic E-state index is 0.136. The second-order valence-corrected chi connectivity index (χ2v) is 8.84. The van der Waals surface area contributed by atoms with Crippen LogP contribution in [0.5, 0.6) is 0 Å². The van der Waals surface area contributed by atoms with Crippen molar-refractivity contribution >= 4 is 5.91 Å². The van der Waals surface area contributed by atoms with Crippen LogP contribution in [0.15, 0.2) is 28.8 Å². The number of carbonyl (C=O) groups is 1. The quantitative estimate of drug-likeness (QED) is 0.659. The van der Waals surface area contributed by atoms with Gasteiger partial charge in [0.2, 0.25) is 11.8 Å². The number of aryl methyl sites for hydroxylation is 1. The van der Waals surface area contributed by atoms with E-state index in [1.807, 2.05) is 4.90 Å². The van der Waals surface area contributed by atoms with E-state index in [9.17, 15) is 4.79 Å². The Morgan fingerprint density at radius 2 is 1.93 bits per heavy atom. The first kappa shape index (κ1) is 21.0. The Morgan fingerprint density at radius 1 is 1.17 bits per heavy atom. The van der Waals surface area contributed by atoms with E-state index in [4.69, 9.17) is 4.52 Å². The van der Waals surface area contributed by atoms with Gasteiger partial charge in [-0.3, -0.25) is 9.69 Å². The predicted molar refractivity (Wildman–Crippen MR) is 116 cm³/mol. The van der Waals surface area contributed by atoms with E-state index in [1.54, 1.807) is 6.92 Å². The molecule has 1 saturated heterocycles.